The molecule has 0 atom stereocenters. The first-order valence-electron chi connectivity index (χ1n) is 7.71. The molecule has 0 saturated heterocycles. The Morgan fingerprint density at radius 2 is 1.88 bits per heavy atom. The molecule has 0 saturated carbocycles. The summed E-state index contributed by atoms with van der Waals surface area (Å²) in [7, 11) is 1.61. The van der Waals surface area contributed by atoms with Crippen molar-refractivity contribution in [2.45, 2.75) is 18.9 Å². The third-order valence-electron chi connectivity index (χ3n) is 3.80. The van der Waals surface area contributed by atoms with Gasteiger partial charge in [-0.05, 0) is 38.1 Å². The van der Waals surface area contributed by atoms with Crippen LogP contribution in [0.25, 0.3) is 10.9 Å². The highest BCUT2D eigenvalue weighted by molar-refractivity contribution is 8.00. The van der Waals surface area contributed by atoms with E-state index in [0.717, 1.165) is 33.6 Å². The first-order chi connectivity index (χ1) is 12.4. The van der Waals surface area contributed by atoms with Crippen molar-refractivity contribution in [3.8, 4) is 5.75 Å². The topological polar surface area (TPSA) is 89.4 Å². The van der Waals surface area contributed by atoms with E-state index in [-0.39, 0.29) is 16.4 Å². The highest BCUT2D eigenvalue weighted by Gasteiger charge is 2.17. The third-order valence-corrected chi connectivity index (χ3v) is 5.89. The molecule has 0 aliphatic heterocycles. The summed E-state index contributed by atoms with van der Waals surface area (Å²) >= 11 is 2.31. The molecule has 0 amide bonds. The van der Waals surface area contributed by atoms with Gasteiger partial charge in [-0.2, -0.15) is 0 Å². The lowest BCUT2D eigenvalue weighted by Crippen LogP contribution is -2.02. The van der Waals surface area contributed by atoms with Crippen molar-refractivity contribution in [1.29, 1.82) is 0 Å². The minimum Gasteiger partial charge on any atom is -0.496 e. The van der Waals surface area contributed by atoms with Gasteiger partial charge in [0, 0.05) is 10.9 Å². The molecular weight excluding hydrogens is 372 g/mol. The number of methoxy groups -OCH3 is 1. The maximum absolute atomic E-state index is 12.4. The number of aromatic carboxylic acids is 1. The molecule has 3 aromatic rings. The number of ketones is 1. The summed E-state index contributed by atoms with van der Waals surface area (Å²) in [5.74, 6) is 0.380. The van der Waals surface area contributed by atoms with Crippen LogP contribution in [0.4, 0.5) is 0 Å². The number of thiophene rings is 1. The Morgan fingerprint density at radius 3 is 2.54 bits per heavy atom. The summed E-state index contributed by atoms with van der Waals surface area (Å²) in [5, 5.41) is 10.6. The molecule has 8 heteroatoms. The standard InChI is InChI=1S/C18H16N2O4S2/c1-9-13(24-3)5-4-11-16(9)17(20-10(2)19-11)25-8-12(21)14-6-7-15(26-14)18(22)23/h4-7H,8H2,1-3H3,(H,22,23). The molecule has 0 spiro atoms. The van der Waals surface area contributed by atoms with E-state index in [1.54, 1.807) is 13.2 Å². The number of carboxylic acid groups (broad SMARTS) is 1. The van der Waals surface area contributed by atoms with Crippen LogP contribution in [0.1, 0.15) is 30.7 Å². The highest BCUT2D eigenvalue weighted by Crippen LogP contribution is 2.33. The molecular formula is C18H16N2O4S2. The van der Waals surface area contributed by atoms with Crippen molar-refractivity contribution < 1.29 is 19.4 Å². The number of rotatable bonds is 6. The van der Waals surface area contributed by atoms with E-state index in [9.17, 15) is 9.59 Å². The van der Waals surface area contributed by atoms with Crippen LogP contribution in [-0.2, 0) is 0 Å². The first kappa shape index (κ1) is 18.3. The SMILES string of the molecule is COc1ccc2nc(C)nc(SCC(=O)c3ccc(C(=O)O)s3)c2c1C. The van der Waals surface area contributed by atoms with Crippen LogP contribution in [0.5, 0.6) is 5.75 Å². The fraction of sp³-hybridized carbons (Fsp3) is 0.222. The average molecular weight is 388 g/mol. The maximum Gasteiger partial charge on any atom is 0.345 e. The van der Waals surface area contributed by atoms with Gasteiger partial charge in [-0.15, -0.1) is 11.3 Å². The Morgan fingerprint density at radius 1 is 1.15 bits per heavy atom. The van der Waals surface area contributed by atoms with Gasteiger partial charge in [0.05, 0.1) is 23.3 Å². The van der Waals surface area contributed by atoms with E-state index in [4.69, 9.17) is 9.84 Å². The molecule has 0 bridgehead atoms. The first-order valence-corrected chi connectivity index (χ1v) is 9.52. The lowest BCUT2D eigenvalue weighted by molar-refractivity contribution is 0.0702. The Kier molecular flexibility index (Phi) is 5.24. The van der Waals surface area contributed by atoms with Crippen LogP contribution >= 0.6 is 23.1 Å². The number of nitrogens with zero attached hydrogens (tertiary/aromatic N) is 2. The predicted octanol–water partition coefficient (Wildman–Crippen LogP) is 3.99. The highest BCUT2D eigenvalue weighted by atomic mass is 32.2. The van der Waals surface area contributed by atoms with Gasteiger partial charge in [-0.3, -0.25) is 4.79 Å². The van der Waals surface area contributed by atoms with Gasteiger partial charge < -0.3 is 9.84 Å². The van der Waals surface area contributed by atoms with Crippen LogP contribution in [0.3, 0.4) is 0 Å². The Bertz CT molecular complexity index is 1010. The molecule has 0 radical (unpaired) electrons. The second-order valence-corrected chi connectivity index (χ2v) is 7.59. The molecule has 1 aromatic carbocycles. The number of carbonyl (C=O) groups is 2. The van der Waals surface area contributed by atoms with Gasteiger partial charge in [0.1, 0.15) is 21.5 Å². The van der Waals surface area contributed by atoms with Crippen molar-refractivity contribution in [3.05, 3.63) is 45.4 Å². The van der Waals surface area contributed by atoms with E-state index in [1.165, 1.54) is 17.8 Å². The van der Waals surface area contributed by atoms with Gasteiger partial charge in [-0.1, -0.05) is 11.8 Å². The second-order valence-electron chi connectivity index (χ2n) is 5.54. The number of fused-ring (bicyclic) bond motifs is 1. The van der Waals surface area contributed by atoms with Crippen LogP contribution in [0.15, 0.2) is 29.3 Å². The zero-order chi connectivity index (χ0) is 18.8. The summed E-state index contributed by atoms with van der Waals surface area (Å²) in [6.07, 6.45) is 0. The smallest absolute Gasteiger partial charge is 0.345 e. The van der Waals surface area contributed by atoms with Gasteiger partial charge >= 0.3 is 5.97 Å². The number of thioether (sulfide) groups is 1. The second kappa shape index (κ2) is 7.43. The number of hydrogen-bond acceptors (Lipinski definition) is 7. The van der Waals surface area contributed by atoms with Crippen LogP contribution in [-0.4, -0.2) is 39.7 Å². The predicted molar refractivity (Wildman–Crippen MR) is 102 cm³/mol. The molecule has 134 valence electrons. The monoisotopic (exact) mass is 388 g/mol. The summed E-state index contributed by atoms with van der Waals surface area (Å²) in [4.78, 5) is 32.9. The van der Waals surface area contributed by atoms with Gasteiger partial charge in [0.2, 0.25) is 0 Å². The molecule has 2 aromatic heterocycles. The maximum atomic E-state index is 12.4. The van der Waals surface area contributed by atoms with E-state index in [1.807, 2.05) is 26.0 Å². The van der Waals surface area contributed by atoms with E-state index >= 15 is 0 Å². The van der Waals surface area contributed by atoms with Crippen LogP contribution in [0, 0.1) is 13.8 Å². The zero-order valence-electron chi connectivity index (χ0n) is 14.4. The number of Topliss-reactive ketones (excluding diaryl/α,β-unsaturated/α-hetero) is 1. The number of aromatic nitrogens is 2. The fourth-order valence-corrected chi connectivity index (χ4v) is 4.47. The van der Waals surface area contributed by atoms with Crippen molar-refractivity contribution in [2.75, 3.05) is 12.9 Å². The number of aryl methyl sites for hydroxylation is 2. The molecule has 0 aliphatic carbocycles. The number of ether oxygens (including phenoxy) is 1. The molecule has 26 heavy (non-hydrogen) atoms. The Balaban J connectivity index is 1.90. The largest absolute Gasteiger partial charge is 0.496 e. The van der Waals surface area contributed by atoms with Crippen molar-refractivity contribution in [1.82, 2.24) is 9.97 Å². The van der Waals surface area contributed by atoms with E-state index < -0.39 is 5.97 Å². The summed E-state index contributed by atoms with van der Waals surface area (Å²) in [5.41, 5.74) is 1.72. The zero-order valence-corrected chi connectivity index (χ0v) is 16.0. The molecule has 2 heterocycles. The number of hydrogen-bond donors (Lipinski definition) is 1. The average Bonchev–Trinajstić information content (AvgIpc) is 3.10. The quantitative estimate of drug-likeness (QED) is 0.388. The third kappa shape index (κ3) is 3.56. The Hall–Kier alpha value is -2.45. The number of benzene rings is 1. The molecule has 0 aliphatic rings. The van der Waals surface area contributed by atoms with Gasteiger partial charge in [0.15, 0.2) is 5.78 Å². The van der Waals surface area contributed by atoms with Crippen LogP contribution in [0.2, 0.25) is 0 Å². The van der Waals surface area contributed by atoms with Crippen molar-refractivity contribution in [3.63, 3.8) is 0 Å². The summed E-state index contributed by atoms with van der Waals surface area (Å²) < 4.78 is 5.37. The molecule has 1 N–H and O–H groups in total. The van der Waals surface area contributed by atoms with Crippen molar-refractivity contribution >= 4 is 45.8 Å². The molecule has 0 fully saturated rings. The van der Waals surface area contributed by atoms with E-state index in [2.05, 4.69) is 9.97 Å². The van der Waals surface area contributed by atoms with E-state index in [0.29, 0.717) is 15.7 Å². The number of carboxylic acids is 1. The van der Waals surface area contributed by atoms with Crippen molar-refractivity contribution in [2.24, 2.45) is 0 Å². The number of carbonyl (C=O) groups excluding carboxylic acids is 1. The minimum absolute atomic E-state index is 0.127. The fourth-order valence-electron chi connectivity index (χ4n) is 2.58. The Labute approximate surface area is 158 Å². The molecule has 0 unspecified atom stereocenters. The molecule has 6 nitrogen and oxygen atoms in total. The van der Waals surface area contributed by atoms with Crippen LogP contribution < -0.4 is 4.74 Å². The van der Waals surface area contributed by atoms with Gasteiger partial charge in [0.25, 0.3) is 0 Å². The lowest BCUT2D eigenvalue weighted by atomic mass is 10.1. The van der Waals surface area contributed by atoms with Gasteiger partial charge in [-0.25, -0.2) is 14.8 Å². The lowest BCUT2D eigenvalue weighted by Gasteiger charge is -2.11. The molecule has 3 rings (SSSR count). The summed E-state index contributed by atoms with van der Waals surface area (Å²) in [6.45, 7) is 3.74. The normalized spacial score (nSPS) is 10.9. The summed E-state index contributed by atoms with van der Waals surface area (Å²) in [6, 6.07) is 6.74. The minimum atomic E-state index is -1.03.